The van der Waals surface area contributed by atoms with Gasteiger partial charge in [-0.1, -0.05) is 6.92 Å². The first kappa shape index (κ1) is 26.5. The molecule has 1 aliphatic carbocycles. The quantitative estimate of drug-likeness (QED) is 0.335. The van der Waals surface area contributed by atoms with Gasteiger partial charge in [-0.05, 0) is 56.7 Å². The number of amides is 1. The second kappa shape index (κ2) is 10.5. The highest BCUT2D eigenvalue weighted by atomic mass is 19.3. The van der Waals surface area contributed by atoms with E-state index in [-0.39, 0.29) is 23.4 Å². The van der Waals surface area contributed by atoms with Crippen LogP contribution >= 0.6 is 0 Å². The van der Waals surface area contributed by atoms with Gasteiger partial charge in [0.15, 0.2) is 0 Å². The van der Waals surface area contributed by atoms with Gasteiger partial charge in [0.25, 0.3) is 12.3 Å². The van der Waals surface area contributed by atoms with E-state index in [0.717, 1.165) is 12.8 Å². The van der Waals surface area contributed by atoms with Gasteiger partial charge in [-0.25, -0.2) is 18.7 Å². The third-order valence-electron chi connectivity index (χ3n) is 7.44. The Kier molecular flexibility index (Phi) is 7.34. The van der Waals surface area contributed by atoms with Crippen molar-refractivity contribution in [1.29, 1.82) is 0 Å². The van der Waals surface area contributed by atoms with E-state index in [1.54, 1.807) is 17.9 Å². The summed E-state index contributed by atoms with van der Waals surface area (Å²) in [5.74, 6) is 0.638. The smallest absolute Gasteiger partial charge is 0.263 e. The molecule has 0 radical (unpaired) electrons. The zero-order chi connectivity index (χ0) is 27.1. The van der Waals surface area contributed by atoms with Crippen LogP contribution in [0, 0.1) is 18.8 Å². The number of aliphatic hydroxyl groups excluding tert-OH is 2. The summed E-state index contributed by atoms with van der Waals surface area (Å²) in [7, 11) is 0. The molecule has 204 valence electrons. The third-order valence-corrected chi connectivity index (χ3v) is 7.44. The van der Waals surface area contributed by atoms with Gasteiger partial charge in [0.2, 0.25) is 0 Å². The van der Waals surface area contributed by atoms with Crippen LogP contribution in [0.15, 0.2) is 24.5 Å². The summed E-state index contributed by atoms with van der Waals surface area (Å²) in [5, 5.41) is 23.0. The van der Waals surface area contributed by atoms with Gasteiger partial charge in [0, 0.05) is 36.0 Å². The number of nitrogens with one attached hydrogen (secondary N) is 2. The second-order valence-corrected chi connectivity index (χ2v) is 10.5. The fourth-order valence-corrected chi connectivity index (χ4v) is 5.04. The Morgan fingerprint density at radius 3 is 2.71 bits per heavy atom. The minimum Gasteiger partial charge on any atom is -0.493 e. The lowest BCUT2D eigenvalue weighted by Crippen LogP contribution is -2.44. The zero-order valence-electron chi connectivity index (χ0n) is 21.6. The number of H-pyrrole nitrogens is 1. The van der Waals surface area contributed by atoms with Gasteiger partial charge in [-0.3, -0.25) is 9.69 Å². The van der Waals surface area contributed by atoms with Gasteiger partial charge < -0.3 is 25.3 Å². The standard InChI is InChI=1S/C27H33F2N5O4/c1-13-9-34(27(37)15(3)35)10-19(13)33-26(36)21-14(2)32-24-22(30-12-31-23(21)24)18-8-17(25(28)29)6-7-20(18)38-11-16-4-5-16/h6-8,12-13,15-16,19,25,27,32,35,37H,4-5,9-11H2,1-3H3,(H,33,36)/t13-,15+,19-,27?/m1/s1. The summed E-state index contributed by atoms with van der Waals surface area (Å²) in [6, 6.07) is 4.04. The van der Waals surface area contributed by atoms with Crippen LogP contribution in [0.3, 0.4) is 0 Å². The monoisotopic (exact) mass is 529 g/mol. The molecule has 3 heterocycles. The topological polar surface area (TPSA) is 124 Å². The van der Waals surface area contributed by atoms with Crippen molar-refractivity contribution in [2.24, 2.45) is 11.8 Å². The number of ether oxygens (including phenoxy) is 1. The summed E-state index contributed by atoms with van der Waals surface area (Å²) < 4.78 is 33.2. The molecule has 0 spiro atoms. The van der Waals surface area contributed by atoms with E-state index in [2.05, 4.69) is 20.3 Å². The fourth-order valence-electron chi connectivity index (χ4n) is 5.04. The van der Waals surface area contributed by atoms with Crippen molar-refractivity contribution in [3.63, 3.8) is 0 Å². The number of likely N-dealkylation sites (tertiary alicyclic amines) is 1. The molecule has 1 amide bonds. The molecule has 2 fully saturated rings. The van der Waals surface area contributed by atoms with Crippen LogP contribution in [0.25, 0.3) is 22.3 Å². The number of benzene rings is 1. The normalized spacial score (nSPS) is 21.7. The fraction of sp³-hybridized carbons (Fsp3) is 0.519. The molecule has 5 rings (SSSR count). The molecule has 1 unspecified atom stereocenters. The van der Waals surface area contributed by atoms with E-state index in [0.29, 0.717) is 64.9 Å². The van der Waals surface area contributed by atoms with Crippen LogP contribution in [0.2, 0.25) is 0 Å². The van der Waals surface area contributed by atoms with E-state index in [9.17, 15) is 23.8 Å². The second-order valence-electron chi connectivity index (χ2n) is 10.5. The van der Waals surface area contributed by atoms with E-state index >= 15 is 0 Å². The Hall–Kier alpha value is -3.15. The van der Waals surface area contributed by atoms with Crippen LogP contribution in [0.5, 0.6) is 5.75 Å². The Bertz CT molecular complexity index is 1330. The lowest BCUT2D eigenvalue weighted by atomic mass is 10.0. The Morgan fingerprint density at radius 1 is 1.26 bits per heavy atom. The predicted molar refractivity (Wildman–Crippen MR) is 137 cm³/mol. The number of hydrogen-bond donors (Lipinski definition) is 4. The third kappa shape index (κ3) is 5.23. The molecule has 11 heteroatoms. The zero-order valence-corrected chi connectivity index (χ0v) is 21.6. The lowest BCUT2D eigenvalue weighted by molar-refractivity contribution is -0.0671. The van der Waals surface area contributed by atoms with Crippen LogP contribution in [-0.2, 0) is 0 Å². The molecule has 2 aromatic heterocycles. The van der Waals surface area contributed by atoms with Crippen molar-refractivity contribution in [2.45, 2.75) is 58.4 Å². The van der Waals surface area contributed by atoms with Gasteiger partial charge in [-0.15, -0.1) is 0 Å². The average Bonchev–Trinajstić information content (AvgIpc) is 3.55. The van der Waals surface area contributed by atoms with Gasteiger partial charge >= 0.3 is 0 Å². The molecule has 0 bridgehead atoms. The number of aliphatic hydroxyl groups is 2. The first-order chi connectivity index (χ1) is 18.1. The van der Waals surface area contributed by atoms with Gasteiger partial charge in [0.05, 0.1) is 23.8 Å². The molecule has 4 atom stereocenters. The Labute approximate surface area is 219 Å². The van der Waals surface area contributed by atoms with Crippen molar-refractivity contribution >= 4 is 16.9 Å². The number of fused-ring (bicyclic) bond motifs is 1. The first-order valence-corrected chi connectivity index (χ1v) is 12.9. The van der Waals surface area contributed by atoms with Crippen molar-refractivity contribution < 1.29 is 28.5 Å². The van der Waals surface area contributed by atoms with Gasteiger partial charge in [-0.2, -0.15) is 0 Å². The van der Waals surface area contributed by atoms with Crippen molar-refractivity contribution in [3.8, 4) is 17.0 Å². The molecule has 9 nitrogen and oxygen atoms in total. The highest BCUT2D eigenvalue weighted by Gasteiger charge is 2.36. The maximum absolute atomic E-state index is 13.6. The molecular weight excluding hydrogens is 496 g/mol. The lowest BCUT2D eigenvalue weighted by Gasteiger charge is -2.25. The number of nitrogens with zero attached hydrogens (tertiary/aromatic N) is 3. The molecule has 1 aliphatic heterocycles. The number of rotatable bonds is 9. The van der Waals surface area contributed by atoms with Crippen molar-refractivity contribution in [2.75, 3.05) is 19.7 Å². The summed E-state index contributed by atoms with van der Waals surface area (Å²) in [6.45, 7) is 6.67. The van der Waals surface area contributed by atoms with Gasteiger partial charge in [0.1, 0.15) is 29.5 Å². The van der Waals surface area contributed by atoms with Crippen molar-refractivity contribution in [3.05, 3.63) is 41.3 Å². The number of aromatic amines is 1. The molecule has 3 aromatic rings. The van der Waals surface area contributed by atoms with E-state index < -0.39 is 18.8 Å². The van der Waals surface area contributed by atoms with Crippen LogP contribution in [0.1, 0.15) is 54.7 Å². The van der Waals surface area contributed by atoms with Crippen LogP contribution in [0.4, 0.5) is 8.78 Å². The number of carbonyl (C=O) groups excluding carboxylic acids is 1. The Balaban J connectivity index is 1.46. The minimum atomic E-state index is -2.66. The maximum Gasteiger partial charge on any atom is 0.263 e. The summed E-state index contributed by atoms with van der Waals surface area (Å²) in [4.78, 5) is 27.1. The average molecular weight is 530 g/mol. The van der Waals surface area contributed by atoms with Crippen LogP contribution < -0.4 is 10.1 Å². The van der Waals surface area contributed by atoms with E-state index in [1.807, 2.05) is 6.92 Å². The number of halogens is 2. The highest BCUT2D eigenvalue weighted by Crippen LogP contribution is 2.38. The van der Waals surface area contributed by atoms with E-state index in [4.69, 9.17) is 4.74 Å². The summed E-state index contributed by atoms with van der Waals surface area (Å²) in [5.41, 5.74) is 2.40. The van der Waals surface area contributed by atoms with Crippen molar-refractivity contribution in [1.82, 2.24) is 25.2 Å². The predicted octanol–water partition coefficient (Wildman–Crippen LogP) is 3.41. The first-order valence-electron chi connectivity index (χ1n) is 12.9. The molecule has 1 saturated carbocycles. The Morgan fingerprint density at radius 2 is 2.03 bits per heavy atom. The van der Waals surface area contributed by atoms with E-state index in [1.165, 1.54) is 25.4 Å². The number of aromatic nitrogens is 3. The minimum absolute atomic E-state index is 0.0475. The maximum atomic E-state index is 13.6. The number of alkyl halides is 2. The molecule has 38 heavy (non-hydrogen) atoms. The summed E-state index contributed by atoms with van der Waals surface area (Å²) >= 11 is 0. The number of aryl methyl sites for hydroxylation is 1. The van der Waals surface area contributed by atoms with Crippen LogP contribution in [-0.4, -0.2) is 74.0 Å². The molecule has 2 aliphatic rings. The molecular formula is C27H33F2N5O4. The number of hydrogen-bond acceptors (Lipinski definition) is 7. The highest BCUT2D eigenvalue weighted by molar-refractivity contribution is 6.09. The molecule has 4 N–H and O–H groups in total. The summed E-state index contributed by atoms with van der Waals surface area (Å²) in [6.07, 6.45) is -1.08. The molecule has 1 aromatic carbocycles. The molecule has 1 saturated heterocycles. The SMILES string of the molecule is Cc1[nH]c2c(-c3cc(C(F)F)ccc3OCC3CC3)ncnc2c1C(=O)N[C@@H]1CN(C(O)[C@H](C)O)C[C@H]1C. The largest absolute Gasteiger partial charge is 0.493 e. The number of carbonyl (C=O) groups is 1.